The van der Waals surface area contributed by atoms with Gasteiger partial charge in [0, 0.05) is 26.2 Å². The van der Waals surface area contributed by atoms with Crippen LogP contribution in [0.5, 0.6) is 0 Å². The molecule has 0 bridgehead atoms. The van der Waals surface area contributed by atoms with E-state index in [1.54, 1.807) is 0 Å². The van der Waals surface area contributed by atoms with E-state index in [1.165, 1.54) is 4.31 Å². The summed E-state index contributed by atoms with van der Waals surface area (Å²) in [4.78, 5) is 0. The van der Waals surface area contributed by atoms with Crippen molar-refractivity contribution in [3.63, 3.8) is 0 Å². The minimum absolute atomic E-state index is 0.136. The number of rotatable bonds is 9. The normalized spacial score (nSPS) is 13.3. The van der Waals surface area contributed by atoms with Crippen LogP contribution >= 0.6 is 0 Å². The molecule has 0 aromatic carbocycles. The molecule has 0 spiro atoms. The second-order valence-corrected chi connectivity index (χ2v) is 6.66. The van der Waals surface area contributed by atoms with Crippen LogP contribution in [0.25, 0.3) is 0 Å². The third-order valence-corrected chi connectivity index (χ3v) is 4.50. The average molecular weight is 266 g/mol. The van der Waals surface area contributed by atoms with E-state index in [4.69, 9.17) is 5.11 Å². The van der Waals surface area contributed by atoms with Gasteiger partial charge < -0.3 is 5.11 Å². The van der Waals surface area contributed by atoms with Gasteiger partial charge >= 0.3 is 0 Å². The van der Waals surface area contributed by atoms with E-state index in [-0.39, 0.29) is 12.0 Å². The lowest BCUT2D eigenvalue weighted by Crippen LogP contribution is -2.44. The fraction of sp³-hybridized carbons (Fsp3) is 1.00. The molecule has 0 saturated carbocycles. The molecule has 2 N–H and O–H groups in total. The van der Waals surface area contributed by atoms with Crippen LogP contribution in [0.15, 0.2) is 0 Å². The standard InChI is InChI=1S/C11H26N2O3S/c1-5-13(6-2)17(15,16)12-10-11(3,4)8-7-9-14/h12,14H,5-10H2,1-4H3. The van der Waals surface area contributed by atoms with Crippen LogP contribution in [0.1, 0.15) is 40.5 Å². The first-order valence-electron chi connectivity index (χ1n) is 6.14. The highest BCUT2D eigenvalue weighted by molar-refractivity contribution is 7.87. The first-order valence-corrected chi connectivity index (χ1v) is 7.58. The maximum Gasteiger partial charge on any atom is 0.279 e. The Hall–Kier alpha value is -0.170. The van der Waals surface area contributed by atoms with Crippen molar-refractivity contribution in [1.29, 1.82) is 0 Å². The van der Waals surface area contributed by atoms with Crippen LogP contribution in [0.4, 0.5) is 0 Å². The lowest BCUT2D eigenvalue weighted by Gasteiger charge is -2.27. The van der Waals surface area contributed by atoms with Gasteiger partial charge in [-0.25, -0.2) is 4.72 Å². The van der Waals surface area contributed by atoms with E-state index < -0.39 is 10.2 Å². The van der Waals surface area contributed by atoms with E-state index in [9.17, 15) is 8.42 Å². The number of nitrogens with zero attached hydrogens (tertiary/aromatic N) is 1. The van der Waals surface area contributed by atoms with Crippen molar-refractivity contribution >= 4 is 10.2 Å². The number of nitrogens with one attached hydrogen (secondary N) is 1. The molecule has 0 aromatic rings. The second-order valence-electron chi connectivity index (χ2n) is 4.90. The summed E-state index contributed by atoms with van der Waals surface area (Å²) < 4.78 is 27.8. The molecule has 0 amide bonds. The Morgan fingerprint density at radius 1 is 1.24 bits per heavy atom. The maximum absolute atomic E-state index is 11.9. The highest BCUT2D eigenvalue weighted by atomic mass is 32.2. The van der Waals surface area contributed by atoms with Gasteiger partial charge in [0.15, 0.2) is 0 Å². The minimum Gasteiger partial charge on any atom is -0.396 e. The van der Waals surface area contributed by atoms with Crippen molar-refractivity contribution in [1.82, 2.24) is 9.03 Å². The Morgan fingerprint density at radius 2 is 1.76 bits per heavy atom. The monoisotopic (exact) mass is 266 g/mol. The molecule has 0 aliphatic carbocycles. The van der Waals surface area contributed by atoms with Crippen molar-refractivity contribution in [2.75, 3.05) is 26.2 Å². The van der Waals surface area contributed by atoms with Crippen LogP contribution in [-0.2, 0) is 10.2 Å². The summed E-state index contributed by atoms with van der Waals surface area (Å²) in [5.41, 5.74) is -0.136. The third kappa shape index (κ3) is 6.35. The molecule has 0 unspecified atom stereocenters. The summed E-state index contributed by atoms with van der Waals surface area (Å²) >= 11 is 0. The topological polar surface area (TPSA) is 69.6 Å². The summed E-state index contributed by atoms with van der Waals surface area (Å²) in [6, 6.07) is 0. The molecule has 104 valence electrons. The van der Waals surface area contributed by atoms with Gasteiger partial charge in [-0.1, -0.05) is 27.7 Å². The predicted octanol–water partition coefficient (Wildman–Crippen LogP) is 0.961. The molecule has 0 heterocycles. The Kier molecular flexibility index (Phi) is 7.23. The van der Waals surface area contributed by atoms with E-state index in [1.807, 2.05) is 27.7 Å². The smallest absolute Gasteiger partial charge is 0.279 e. The quantitative estimate of drug-likeness (QED) is 0.653. The van der Waals surface area contributed by atoms with Crippen molar-refractivity contribution in [2.24, 2.45) is 5.41 Å². The van der Waals surface area contributed by atoms with Gasteiger partial charge in [-0.3, -0.25) is 0 Å². The summed E-state index contributed by atoms with van der Waals surface area (Å²) in [5.74, 6) is 0. The summed E-state index contributed by atoms with van der Waals surface area (Å²) in [6.45, 7) is 9.12. The molecule has 0 aliphatic rings. The first kappa shape index (κ1) is 16.8. The van der Waals surface area contributed by atoms with E-state index >= 15 is 0 Å². The fourth-order valence-electron chi connectivity index (χ4n) is 1.59. The molecule has 17 heavy (non-hydrogen) atoms. The third-order valence-electron chi connectivity index (χ3n) is 2.79. The number of aliphatic hydroxyl groups is 1. The molecule has 0 aliphatic heterocycles. The van der Waals surface area contributed by atoms with Crippen molar-refractivity contribution in [3.05, 3.63) is 0 Å². The lowest BCUT2D eigenvalue weighted by molar-refractivity contribution is 0.241. The van der Waals surface area contributed by atoms with Gasteiger partial charge in [0.05, 0.1) is 0 Å². The zero-order valence-electron chi connectivity index (χ0n) is 11.4. The molecule has 0 saturated heterocycles. The van der Waals surface area contributed by atoms with Gasteiger partial charge in [-0.05, 0) is 18.3 Å². The molecule has 6 heteroatoms. The number of hydrogen-bond donors (Lipinski definition) is 2. The summed E-state index contributed by atoms with van der Waals surface area (Å²) in [6.07, 6.45) is 1.49. The molecule has 0 fully saturated rings. The van der Waals surface area contributed by atoms with Crippen molar-refractivity contribution in [3.8, 4) is 0 Å². The van der Waals surface area contributed by atoms with E-state index in [0.717, 1.165) is 6.42 Å². The van der Waals surface area contributed by atoms with Crippen LogP contribution in [0.2, 0.25) is 0 Å². The van der Waals surface area contributed by atoms with Gasteiger partial charge in [0.25, 0.3) is 10.2 Å². The SMILES string of the molecule is CCN(CC)S(=O)(=O)NCC(C)(C)CCCO. The molecular formula is C11H26N2O3S. The van der Waals surface area contributed by atoms with Gasteiger partial charge in [-0.15, -0.1) is 0 Å². The zero-order valence-corrected chi connectivity index (χ0v) is 12.2. The molecule has 5 nitrogen and oxygen atoms in total. The van der Waals surface area contributed by atoms with Gasteiger partial charge in [0.2, 0.25) is 0 Å². The van der Waals surface area contributed by atoms with Gasteiger partial charge in [0.1, 0.15) is 0 Å². The van der Waals surface area contributed by atoms with Gasteiger partial charge in [-0.2, -0.15) is 12.7 Å². The molecule has 0 aromatic heterocycles. The summed E-state index contributed by atoms with van der Waals surface area (Å²) in [7, 11) is -3.36. The average Bonchev–Trinajstić information content (AvgIpc) is 2.25. The van der Waals surface area contributed by atoms with Crippen LogP contribution in [0, 0.1) is 5.41 Å². The Morgan fingerprint density at radius 3 is 2.18 bits per heavy atom. The highest BCUT2D eigenvalue weighted by Crippen LogP contribution is 2.21. The minimum atomic E-state index is -3.36. The van der Waals surface area contributed by atoms with Crippen LogP contribution in [-0.4, -0.2) is 44.1 Å². The molecule has 0 atom stereocenters. The largest absolute Gasteiger partial charge is 0.396 e. The second kappa shape index (κ2) is 7.31. The molecule has 0 radical (unpaired) electrons. The van der Waals surface area contributed by atoms with Crippen LogP contribution in [0.3, 0.4) is 0 Å². The number of aliphatic hydroxyl groups excluding tert-OH is 1. The van der Waals surface area contributed by atoms with Crippen molar-refractivity contribution in [2.45, 2.75) is 40.5 Å². The first-order chi connectivity index (χ1) is 7.79. The highest BCUT2D eigenvalue weighted by Gasteiger charge is 2.23. The molecular weight excluding hydrogens is 240 g/mol. The Balaban J connectivity index is 4.35. The van der Waals surface area contributed by atoms with E-state index in [0.29, 0.717) is 26.1 Å². The van der Waals surface area contributed by atoms with Crippen molar-refractivity contribution < 1.29 is 13.5 Å². The van der Waals surface area contributed by atoms with Crippen LogP contribution < -0.4 is 4.72 Å². The zero-order chi connectivity index (χ0) is 13.5. The Bertz CT molecular complexity index is 298. The Labute approximate surface area is 105 Å². The maximum atomic E-state index is 11.9. The number of hydrogen-bond acceptors (Lipinski definition) is 3. The van der Waals surface area contributed by atoms with E-state index in [2.05, 4.69) is 4.72 Å². The molecule has 0 rings (SSSR count). The lowest BCUT2D eigenvalue weighted by atomic mass is 9.88. The predicted molar refractivity (Wildman–Crippen MR) is 69.9 cm³/mol. The summed E-state index contributed by atoms with van der Waals surface area (Å²) in [5, 5.41) is 8.78. The fourth-order valence-corrected chi connectivity index (χ4v) is 3.02.